The first-order valence-electron chi connectivity index (χ1n) is 12.8. The summed E-state index contributed by atoms with van der Waals surface area (Å²) in [5.74, 6) is 0. The largest absolute Gasteiger partial charge is 0.404 e. The fraction of sp³-hybridized carbons (Fsp3) is 0.355. The van der Waals surface area contributed by atoms with Crippen LogP contribution >= 0.6 is 0 Å². The molecule has 0 bridgehead atoms. The van der Waals surface area contributed by atoms with Crippen molar-refractivity contribution in [1.82, 2.24) is 9.88 Å². The molecule has 5 heteroatoms. The Morgan fingerprint density at radius 3 is 1.97 bits per heavy atom. The topological polar surface area (TPSA) is 26.2 Å². The minimum Gasteiger partial charge on any atom is -0.404 e. The highest BCUT2D eigenvalue weighted by atomic mass is 28.4. The molecule has 4 rings (SSSR count). The van der Waals surface area contributed by atoms with E-state index in [0.29, 0.717) is 0 Å². The van der Waals surface area contributed by atoms with E-state index in [-0.39, 0.29) is 24.2 Å². The van der Waals surface area contributed by atoms with Crippen molar-refractivity contribution in [2.45, 2.75) is 57.9 Å². The van der Waals surface area contributed by atoms with Crippen LogP contribution in [-0.4, -0.2) is 37.7 Å². The van der Waals surface area contributed by atoms with Crippen LogP contribution in [0.25, 0.3) is 10.9 Å². The van der Waals surface area contributed by atoms with Crippen LogP contribution in [0.15, 0.2) is 97.2 Å². The Bertz CT molecular complexity index is 1210. The second-order valence-electron chi connectivity index (χ2n) is 11.2. The molecule has 0 amide bonds. The highest BCUT2D eigenvalue weighted by Crippen LogP contribution is 2.37. The molecule has 36 heavy (non-hydrogen) atoms. The monoisotopic (exact) mass is 502 g/mol. The highest BCUT2D eigenvalue weighted by molar-refractivity contribution is 6.99. The van der Waals surface area contributed by atoms with Crippen molar-refractivity contribution in [2.75, 3.05) is 13.2 Å². The summed E-state index contributed by atoms with van der Waals surface area (Å²) < 4.78 is 25.0. The maximum atomic E-state index is 16.0. The predicted molar refractivity (Wildman–Crippen MR) is 152 cm³/mol. The average Bonchev–Trinajstić information content (AvgIpc) is 3.26. The first-order valence-corrected chi connectivity index (χ1v) is 14.7. The summed E-state index contributed by atoms with van der Waals surface area (Å²) in [5.41, 5.74) is -0.316. The molecular formula is C31H39FN2OSi. The van der Waals surface area contributed by atoms with Gasteiger partial charge in [0.25, 0.3) is 8.32 Å². The minimum atomic E-state index is -2.77. The maximum absolute atomic E-state index is 16.0. The molecule has 0 spiro atoms. The number of benzene rings is 3. The van der Waals surface area contributed by atoms with Crippen LogP contribution in [0, 0.1) is 0 Å². The van der Waals surface area contributed by atoms with Gasteiger partial charge in [-0.05, 0) is 46.8 Å². The molecule has 190 valence electrons. The molecule has 1 heterocycles. The van der Waals surface area contributed by atoms with Crippen LogP contribution in [0.1, 0.15) is 34.6 Å². The fourth-order valence-corrected chi connectivity index (χ4v) is 9.79. The van der Waals surface area contributed by atoms with Crippen molar-refractivity contribution in [3.05, 3.63) is 97.2 Å². The first-order chi connectivity index (χ1) is 17.1. The Morgan fingerprint density at radius 1 is 0.833 bits per heavy atom. The number of halogens is 1. The van der Waals surface area contributed by atoms with E-state index >= 15 is 4.39 Å². The molecular weight excluding hydrogens is 463 g/mol. The molecule has 0 saturated carbocycles. The van der Waals surface area contributed by atoms with Gasteiger partial charge in [0.05, 0.1) is 6.61 Å². The van der Waals surface area contributed by atoms with E-state index in [1.807, 2.05) is 12.1 Å². The van der Waals surface area contributed by atoms with E-state index in [1.54, 1.807) is 6.92 Å². The van der Waals surface area contributed by atoms with Gasteiger partial charge in [0.1, 0.15) is 5.67 Å². The van der Waals surface area contributed by atoms with E-state index in [1.165, 1.54) is 21.3 Å². The molecule has 0 aliphatic heterocycles. The molecule has 2 atom stereocenters. The van der Waals surface area contributed by atoms with Gasteiger partial charge in [-0.15, -0.1) is 0 Å². The third-order valence-electron chi connectivity index (χ3n) is 6.98. The van der Waals surface area contributed by atoms with E-state index < -0.39 is 14.0 Å². The van der Waals surface area contributed by atoms with Crippen LogP contribution in [0.4, 0.5) is 4.39 Å². The zero-order chi connectivity index (χ0) is 25.8. The maximum Gasteiger partial charge on any atom is 0.261 e. The van der Waals surface area contributed by atoms with Crippen molar-refractivity contribution < 1.29 is 8.82 Å². The third kappa shape index (κ3) is 5.64. The SMILES string of the molecule is C[C@H](Cn1ccc2ccccc21)NCC(C)(F)CO[Si](c1ccccc1)(c1ccccc1)C(C)(C)C. The smallest absolute Gasteiger partial charge is 0.261 e. The van der Waals surface area contributed by atoms with E-state index in [0.717, 1.165) is 6.54 Å². The summed E-state index contributed by atoms with van der Waals surface area (Å²) in [7, 11) is -2.77. The molecule has 1 N–H and O–H groups in total. The normalized spacial score (nSPS) is 15.1. The summed E-state index contributed by atoms with van der Waals surface area (Å²) in [6.45, 7) is 11.4. The number of rotatable bonds is 10. The van der Waals surface area contributed by atoms with Gasteiger partial charge in [-0.25, -0.2) is 4.39 Å². The van der Waals surface area contributed by atoms with Crippen LogP contribution in [0.3, 0.4) is 0 Å². The Hall–Kier alpha value is -2.73. The zero-order valence-corrected chi connectivity index (χ0v) is 23.2. The Labute approximate surface area is 216 Å². The molecule has 0 radical (unpaired) electrons. The van der Waals surface area contributed by atoms with Gasteiger partial charge < -0.3 is 14.3 Å². The molecule has 3 aromatic carbocycles. The van der Waals surface area contributed by atoms with E-state index in [2.05, 4.69) is 123 Å². The Balaban J connectivity index is 1.49. The van der Waals surface area contributed by atoms with E-state index in [4.69, 9.17) is 4.43 Å². The van der Waals surface area contributed by atoms with Crippen molar-refractivity contribution in [3.63, 3.8) is 0 Å². The lowest BCUT2D eigenvalue weighted by molar-refractivity contribution is 0.0921. The average molecular weight is 503 g/mol. The van der Waals surface area contributed by atoms with Crippen LogP contribution in [-0.2, 0) is 11.0 Å². The van der Waals surface area contributed by atoms with Crippen LogP contribution < -0.4 is 15.7 Å². The van der Waals surface area contributed by atoms with Gasteiger partial charge in [0, 0.05) is 30.8 Å². The predicted octanol–water partition coefficient (Wildman–Crippen LogP) is 5.92. The molecule has 0 fully saturated rings. The minimum absolute atomic E-state index is 0.0342. The van der Waals surface area contributed by atoms with Gasteiger partial charge in [-0.1, -0.05) is 99.6 Å². The van der Waals surface area contributed by atoms with Gasteiger partial charge in [0.15, 0.2) is 0 Å². The van der Waals surface area contributed by atoms with Crippen molar-refractivity contribution in [3.8, 4) is 0 Å². The molecule has 3 nitrogen and oxygen atoms in total. The highest BCUT2D eigenvalue weighted by Gasteiger charge is 2.51. The summed E-state index contributed by atoms with van der Waals surface area (Å²) in [5, 5.41) is 6.80. The second kappa shape index (κ2) is 10.7. The summed E-state index contributed by atoms with van der Waals surface area (Å²) in [6.07, 6.45) is 2.10. The summed E-state index contributed by atoms with van der Waals surface area (Å²) >= 11 is 0. The zero-order valence-electron chi connectivity index (χ0n) is 22.2. The van der Waals surface area contributed by atoms with Crippen molar-refractivity contribution in [2.24, 2.45) is 0 Å². The summed E-state index contributed by atoms with van der Waals surface area (Å²) in [6, 6.07) is 31.4. The first kappa shape index (κ1) is 26.3. The molecule has 1 unspecified atom stereocenters. The molecule has 0 aliphatic rings. The summed E-state index contributed by atoms with van der Waals surface area (Å²) in [4.78, 5) is 0. The quantitative estimate of drug-likeness (QED) is 0.272. The van der Waals surface area contributed by atoms with E-state index in [9.17, 15) is 0 Å². The number of nitrogens with zero attached hydrogens (tertiary/aromatic N) is 1. The third-order valence-corrected chi connectivity index (χ3v) is 12.0. The number of alkyl halides is 1. The number of nitrogens with one attached hydrogen (secondary N) is 1. The van der Waals surface area contributed by atoms with Gasteiger partial charge in [-0.2, -0.15) is 0 Å². The lowest BCUT2D eigenvalue weighted by Gasteiger charge is -2.44. The molecule has 4 aromatic rings. The number of para-hydroxylation sites is 1. The van der Waals surface area contributed by atoms with Gasteiger partial charge in [0.2, 0.25) is 0 Å². The van der Waals surface area contributed by atoms with Crippen molar-refractivity contribution >= 4 is 29.6 Å². The molecule has 0 aliphatic carbocycles. The second-order valence-corrected chi connectivity index (χ2v) is 15.5. The van der Waals surface area contributed by atoms with Crippen molar-refractivity contribution in [1.29, 1.82) is 0 Å². The molecule has 1 aromatic heterocycles. The number of fused-ring (bicyclic) bond motifs is 1. The standard InChI is InChI=1S/C31H39FN2OSi/c1-25(22-34-21-20-26-14-12-13-19-29(26)34)33-23-31(5,32)24-35-36(30(2,3)4,27-15-8-6-9-16-27)28-17-10-7-11-18-28/h6-21,25,33H,22-24H2,1-5H3/t25-,31?/m1/s1. The number of aromatic nitrogens is 1. The van der Waals surface area contributed by atoms with Gasteiger partial charge >= 0.3 is 0 Å². The van der Waals surface area contributed by atoms with Gasteiger partial charge in [-0.3, -0.25) is 0 Å². The number of hydrogen-bond donors (Lipinski definition) is 1. The number of hydrogen-bond acceptors (Lipinski definition) is 2. The lowest BCUT2D eigenvalue weighted by atomic mass is 10.1. The Kier molecular flexibility index (Phi) is 7.84. The fourth-order valence-electron chi connectivity index (χ4n) is 5.12. The van der Waals surface area contributed by atoms with Crippen LogP contribution in [0.5, 0.6) is 0 Å². The molecule has 0 saturated heterocycles. The van der Waals surface area contributed by atoms with Crippen LogP contribution in [0.2, 0.25) is 5.04 Å². The lowest BCUT2D eigenvalue weighted by Crippen LogP contribution is -2.67. The Morgan fingerprint density at radius 2 is 1.39 bits per heavy atom.